The molecule has 0 aliphatic heterocycles. The van der Waals surface area contributed by atoms with Gasteiger partial charge in [-0.05, 0) is 12.5 Å². The molecule has 0 atom stereocenters. The van der Waals surface area contributed by atoms with Crippen molar-refractivity contribution in [1.29, 1.82) is 0 Å². The number of hydrogen-bond acceptors (Lipinski definition) is 4. The van der Waals surface area contributed by atoms with Gasteiger partial charge >= 0.3 is 0 Å². The van der Waals surface area contributed by atoms with Gasteiger partial charge < -0.3 is 19.5 Å². The van der Waals surface area contributed by atoms with E-state index in [0.29, 0.717) is 0 Å². The third-order valence-corrected chi connectivity index (χ3v) is 4.09. The Morgan fingerprint density at radius 2 is 2.12 bits per heavy atom. The minimum Gasteiger partial charge on any atom is -0.496 e. The van der Waals surface area contributed by atoms with Crippen molar-refractivity contribution in [2.45, 2.75) is 39.8 Å². The molecule has 142 valence electrons. The van der Waals surface area contributed by atoms with Crippen LogP contribution in [0.1, 0.15) is 31.7 Å². The molecule has 2 rings (SSSR count). The van der Waals surface area contributed by atoms with Crippen LogP contribution in [0.25, 0.3) is 0 Å². The van der Waals surface area contributed by atoms with Gasteiger partial charge in [0.15, 0.2) is 5.96 Å². The van der Waals surface area contributed by atoms with Gasteiger partial charge in [-0.15, -0.1) is 10.2 Å². The standard InChI is InChI=1S/C19H30N6O/c1-5-11-20-19(21-12-13-25-15-22-23-18(25)6-2)24(3)14-16-9-7-8-10-17(16)26-4/h7-10,15H,5-6,11-14H2,1-4H3,(H,20,21). The second kappa shape index (κ2) is 10.4. The molecule has 1 aromatic heterocycles. The maximum atomic E-state index is 5.46. The Morgan fingerprint density at radius 1 is 1.31 bits per heavy atom. The lowest BCUT2D eigenvalue weighted by Crippen LogP contribution is -2.40. The molecule has 1 N–H and O–H groups in total. The number of para-hydroxylation sites is 1. The monoisotopic (exact) mass is 358 g/mol. The Kier molecular flexibility index (Phi) is 7.92. The van der Waals surface area contributed by atoms with E-state index >= 15 is 0 Å². The Bertz CT molecular complexity index is 697. The molecular formula is C19H30N6O. The number of aryl methyl sites for hydroxylation is 1. The Labute approximate surface area is 156 Å². The topological polar surface area (TPSA) is 67.6 Å². The van der Waals surface area contributed by atoms with Crippen molar-refractivity contribution in [3.63, 3.8) is 0 Å². The first-order valence-corrected chi connectivity index (χ1v) is 9.17. The van der Waals surface area contributed by atoms with E-state index in [1.165, 1.54) is 0 Å². The third-order valence-electron chi connectivity index (χ3n) is 4.09. The second-order valence-electron chi connectivity index (χ2n) is 6.09. The van der Waals surface area contributed by atoms with Crippen LogP contribution in [0.15, 0.2) is 35.6 Å². The van der Waals surface area contributed by atoms with E-state index in [2.05, 4.69) is 44.9 Å². The van der Waals surface area contributed by atoms with Crippen molar-refractivity contribution in [3.8, 4) is 5.75 Å². The molecule has 0 fully saturated rings. The number of benzene rings is 1. The van der Waals surface area contributed by atoms with E-state index < -0.39 is 0 Å². The minimum absolute atomic E-state index is 0.729. The summed E-state index contributed by atoms with van der Waals surface area (Å²) in [7, 11) is 3.75. The first-order valence-electron chi connectivity index (χ1n) is 9.17. The quantitative estimate of drug-likeness (QED) is 0.550. The number of ether oxygens (including phenoxy) is 1. The third kappa shape index (κ3) is 5.47. The van der Waals surface area contributed by atoms with Crippen molar-refractivity contribution in [2.75, 3.05) is 27.2 Å². The SMILES string of the molecule is CCCN=C(NCCn1cnnc1CC)N(C)Cc1ccccc1OC. The lowest BCUT2D eigenvalue weighted by atomic mass is 10.2. The lowest BCUT2D eigenvalue weighted by Gasteiger charge is -2.23. The van der Waals surface area contributed by atoms with Gasteiger partial charge in [0.05, 0.1) is 7.11 Å². The normalized spacial score (nSPS) is 11.5. The second-order valence-corrected chi connectivity index (χ2v) is 6.09. The lowest BCUT2D eigenvalue weighted by molar-refractivity contribution is 0.395. The van der Waals surface area contributed by atoms with E-state index in [0.717, 1.165) is 62.1 Å². The van der Waals surface area contributed by atoms with Crippen molar-refractivity contribution >= 4 is 5.96 Å². The van der Waals surface area contributed by atoms with Crippen LogP contribution in [0.4, 0.5) is 0 Å². The zero-order valence-corrected chi connectivity index (χ0v) is 16.3. The highest BCUT2D eigenvalue weighted by molar-refractivity contribution is 5.79. The molecule has 0 aliphatic carbocycles. The van der Waals surface area contributed by atoms with Gasteiger partial charge in [-0.1, -0.05) is 32.0 Å². The number of aromatic nitrogens is 3. The number of hydrogen-bond donors (Lipinski definition) is 1. The number of rotatable bonds is 9. The molecule has 1 heterocycles. The van der Waals surface area contributed by atoms with Gasteiger partial charge in [-0.3, -0.25) is 4.99 Å². The van der Waals surface area contributed by atoms with Crippen molar-refractivity contribution in [2.24, 2.45) is 4.99 Å². The Balaban J connectivity index is 1.99. The molecule has 0 bridgehead atoms. The summed E-state index contributed by atoms with van der Waals surface area (Å²) in [6.45, 7) is 7.32. The summed E-state index contributed by atoms with van der Waals surface area (Å²) >= 11 is 0. The minimum atomic E-state index is 0.729. The van der Waals surface area contributed by atoms with Gasteiger partial charge in [0.2, 0.25) is 0 Å². The van der Waals surface area contributed by atoms with Gasteiger partial charge in [-0.2, -0.15) is 0 Å². The number of nitrogens with zero attached hydrogens (tertiary/aromatic N) is 5. The largest absolute Gasteiger partial charge is 0.496 e. The first kappa shape index (κ1) is 19.8. The van der Waals surface area contributed by atoms with E-state index in [9.17, 15) is 0 Å². The predicted octanol–water partition coefficient (Wildman–Crippen LogP) is 2.34. The van der Waals surface area contributed by atoms with Crippen LogP contribution < -0.4 is 10.1 Å². The smallest absolute Gasteiger partial charge is 0.194 e. The van der Waals surface area contributed by atoms with E-state index in [1.807, 2.05) is 25.2 Å². The van der Waals surface area contributed by atoms with Crippen LogP contribution in [0.3, 0.4) is 0 Å². The fraction of sp³-hybridized carbons (Fsp3) is 0.526. The van der Waals surface area contributed by atoms with E-state index in [1.54, 1.807) is 13.4 Å². The first-order chi connectivity index (χ1) is 12.7. The van der Waals surface area contributed by atoms with Crippen LogP contribution in [-0.4, -0.2) is 52.9 Å². The summed E-state index contributed by atoms with van der Waals surface area (Å²) in [5.74, 6) is 2.79. The number of guanidine groups is 1. The average Bonchev–Trinajstić information content (AvgIpc) is 3.12. The summed E-state index contributed by atoms with van der Waals surface area (Å²) < 4.78 is 7.53. The van der Waals surface area contributed by atoms with Crippen molar-refractivity contribution in [3.05, 3.63) is 42.0 Å². The molecule has 0 unspecified atom stereocenters. The highest BCUT2D eigenvalue weighted by atomic mass is 16.5. The van der Waals surface area contributed by atoms with Crippen molar-refractivity contribution < 1.29 is 4.74 Å². The highest BCUT2D eigenvalue weighted by Gasteiger charge is 2.10. The number of aliphatic imine (C=N–C) groups is 1. The maximum Gasteiger partial charge on any atom is 0.194 e. The maximum absolute atomic E-state index is 5.46. The molecule has 1 aromatic carbocycles. The Hall–Kier alpha value is -2.57. The van der Waals surface area contributed by atoms with E-state index in [4.69, 9.17) is 9.73 Å². The van der Waals surface area contributed by atoms with Crippen LogP contribution >= 0.6 is 0 Å². The molecule has 0 saturated heterocycles. The molecule has 26 heavy (non-hydrogen) atoms. The van der Waals surface area contributed by atoms with Crippen LogP contribution in [0.5, 0.6) is 5.75 Å². The predicted molar refractivity (Wildman–Crippen MR) is 104 cm³/mol. The molecule has 0 amide bonds. The summed E-state index contributed by atoms with van der Waals surface area (Å²) in [6.07, 6.45) is 3.67. The summed E-state index contributed by atoms with van der Waals surface area (Å²) in [4.78, 5) is 6.83. The number of methoxy groups -OCH3 is 1. The zero-order valence-electron chi connectivity index (χ0n) is 16.3. The highest BCUT2D eigenvalue weighted by Crippen LogP contribution is 2.18. The summed E-state index contributed by atoms with van der Waals surface area (Å²) in [5.41, 5.74) is 1.13. The van der Waals surface area contributed by atoms with E-state index in [-0.39, 0.29) is 0 Å². The molecule has 0 spiro atoms. The molecule has 0 radical (unpaired) electrons. The molecule has 7 nitrogen and oxygen atoms in total. The zero-order chi connectivity index (χ0) is 18.8. The molecular weight excluding hydrogens is 328 g/mol. The van der Waals surface area contributed by atoms with Crippen LogP contribution in [0, 0.1) is 0 Å². The van der Waals surface area contributed by atoms with Gasteiger partial charge in [0.25, 0.3) is 0 Å². The fourth-order valence-corrected chi connectivity index (χ4v) is 2.72. The van der Waals surface area contributed by atoms with Crippen LogP contribution in [-0.2, 0) is 19.5 Å². The Morgan fingerprint density at radius 3 is 2.85 bits per heavy atom. The molecule has 2 aromatic rings. The van der Waals surface area contributed by atoms with Gasteiger partial charge in [0.1, 0.15) is 17.9 Å². The molecule has 7 heteroatoms. The average molecular weight is 358 g/mol. The van der Waals surface area contributed by atoms with Gasteiger partial charge in [-0.25, -0.2) is 0 Å². The van der Waals surface area contributed by atoms with Crippen molar-refractivity contribution in [1.82, 2.24) is 25.0 Å². The molecule has 0 aliphatic rings. The molecule has 0 saturated carbocycles. The van der Waals surface area contributed by atoms with Crippen LogP contribution in [0.2, 0.25) is 0 Å². The summed E-state index contributed by atoms with van der Waals surface area (Å²) in [6, 6.07) is 8.08. The summed E-state index contributed by atoms with van der Waals surface area (Å²) in [5, 5.41) is 11.6. The fourth-order valence-electron chi connectivity index (χ4n) is 2.72. The number of nitrogens with one attached hydrogen (secondary N) is 1. The van der Waals surface area contributed by atoms with Gasteiger partial charge in [0, 0.05) is 45.2 Å².